The largest absolute Gasteiger partial charge is 0.492 e. The molecule has 2 bridgehead atoms. The zero-order valence-electron chi connectivity index (χ0n) is 13.7. The lowest BCUT2D eigenvalue weighted by molar-refractivity contribution is -0.140. The third kappa shape index (κ3) is 3.52. The number of hydrogen-bond acceptors (Lipinski definition) is 3. The van der Waals surface area contributed by atoms with E-state index in [-0.39, 0.29) is 5.92 Å². The number of amides is 1. The summed E-state index contributed by atoms with van der Waals surface area (Å²) in [4.78, 5) is 17.3. The first-order valence-corrected chi connectivity index (χ1v) is 9.00. The fourth-order valence-corrected chi connectivity index (χ4v) is 3.94. The molecular weight excluding hydrogens is 288 g/mol. The number of piperidine rings is 1. The van der Waals surface area contributed by atoms with Gasteiger partial charge in [0.2, 0.25) is 5.91 Å². The van der Waals surface area contributed by atoms with Gasteiger partial charge in [0.15, 0.2) is 0 Å². The molecule has 124 valence electrons. The van der Waals surface area contributed by atoms with E-state index in [1.807, 2.05) is 30.3 Å². The maximum atomic E-state index is 12.7. The predicted molar refractivity (Wildman–Crippen MR) is 89.3 cm³/mol. The highest BCUT2D eigenvalue weighted by Gasteiger charge is 2.42. The molecule has 3 aliphatic heterocycles. The van der Waals surface area contributed by atoms with Crippen molar-refractivity contribution in [2.75, 3.05) is 32.8 Å². The quantitative estimate of drug-likeness (QED) is 0.808. The minimum absolute atomic E-state index is 0.212. The molecule has 1 aliphatic carbocycles. The van der Waals surface area contributed by atoms with Gasteiger partial charge in [0.25, 0.3) is 0 Å². The summed E-state index contributed by atoms with van der Waals surface area (Å²) < 4.78 is 5.83. The summed E-state index contributed by atoms with van der Waals surface area (Å²) in [6.07, 6.45) is 4.88. The second kappa shape index (κ2) is 6.52. The van der Waals surface area contributed by atoms with Gasteiger partial charge in [0.1, 0.15) is 12.4 Å². The number of rotatable bonds is 6. The second-order valence-electron chi connectivity index (χ2n) is 7.28. The monoisotopic (exact) mass is 314 g/mol. The number of nitrogens with zero attached hydrogens (tertiary/aromatic N) is 2. The normalized spacial score (nSPS) is 28.0. The number of para-hydroxylation sites is 1. The molecule has 0 aromatic heterocycles. The Morgan fingerprint density at radius 3 is 2.65 bits per heavy atom. The van der Waals surface area contributed by atoms with Crippen molar-refractivity contribution >= 4 is 5.91 Å². The lowest BCUT2D eigenvalue weighted by atomic mass is 9.94. The fourth-order valence-electron chi connectivity index (χ4n) is 3.94. The summed E-state index contributed by atoms with van der Waals surface area (Å²) in [5.74, 6) is 2.34. The maximum Gasteiger partial charge on any atom is 0.227 e. The van der Waals surface area contributed by atoms with E-state index in [0.717, 1.165) is 44.3 Å². The number of carbonyl (C=O) groups excluding carboxylic acids is 1. The van der Waals surface area contributed by atoms with Crippen molar-refractivity contribution in [1.82, 2.24) is 9.80 Å². The Kier molecular flexibility index (Phi) is 4.25. The van der Waals surface area contributed by atoms with Crippen LogP contribution in [-0.4, -0.2) is 54.5 Å². The number of fused-ring (bicyclic) bond motifs is 4. The first-order valence-electron chi connectivity index (χ1n) is 9.00. The van der Waals surface area contributed by atoms with Crippen LogP contribution in [0.4, 0.5) is 0 Å². The molecule has 0 unspecified atom stereocenters. The number of benzene rings is 1. The predicted octanol–water partition coefficient (Wildman–Crippen LogP) is 2.40. The van der Waals surface area contributed by atoms with Crippen molar-refractivity contribution in [1.29, 1.82) is 0 Å². The molecule has 0 radical (unpaired) electrons. The van der Waals surface area contributed by atoms with Crippen LogP contribution >= 0.6 is 0 Å². The Hall–Kier alpha value is -1.55. The van der Waals surface area contributed by atoms with E-state index in [9.17, 15) is 4.79 Å². The Bertz CT molecular complexity index is 544. The van der Waals surface area contributed by atoms with Crippen LogP contribution in [0.3, 0.4) is 0 Å². The average Bonchev–Trinajstić information content (AvgIpc) is 3.40. The van der Waals surface area contributed by atoms with Crippen molar-refractivity contribution < 1.29 is 9.53 Å². The lowest BCUT2D eigenvalue weighted by Crippen LogP contribution is -2.48. The van der Waals surface area contributed by atoms with Gasteiger partial charge in [-0.05, 0) is 43.7 Å². The minimum atomic E-state index is 0.212. The Balaban J connectivity index is 1.33. The van der Waals surface area contributed by atoms with Crippen LogP contribution in [0.1, 0.15) is 25.7 Å². The molecule has 1 saturated carbocycles. The Labute approximate surface area is 138 Å². The zero-order valence-corrected chi connectivity index (χ0v) is 13.7. The van der Waals surface area contributed by atoms with E-state index in [1.165, 1.54) is 19.3 Å². The highest BCUT2D eigenvalue weighted by Crippen LogP contribution is 2.35. The molecule has 2 atom stereocenters. The highest BCUT2D eigenvalue weighted by atomic mass is 16.5. The van der Waals surface area contributed by atoms with E-state index in [0.29, 0.717) is 18.6 Å². The van der Waals surface area contributed by atoms with Crippen LogP contribution in [0, 0.1) is 11.8 Å². The van der Waals surface area contributed by atoms with E-state index in [4.69, 9.17) is 4.74 Å². The van der Waals surface area contributed by atoms with Gasteiger partial charge in [-0.15, -0.1) is 0 Å². The summed E-state index contributed by atoms with van der Waals surface area (Å²) in [7, 11) is 0. The molecule has 1 aromatic carbocycles. The molecule has 3 saturated heterocycles. The first kappa shape index (κ1) is 15.0. The standard InChI is InChI=1S/C19H26N2O2/c22-19-16-8-9-17(21(19)12-15-6-7-15)14-20(13-16)10-11-23-18-4-2-1-3-5-18/h1-5,15-17H,6-14H2/t16-,17+/m0/s1. The van der Waals surface area contributed by atoms with Gasteiger partial charge in [-0.3, -0.25) is 9.69 Å². The molecule has 4 fully saturated rings. The Morgan fingerprint density at radius 1 is 1.04 bits per heavy atom. The van der Waals surface area contributed by atoms with E-state index < -0.39 is 0 Å². The van der Waals surface area contributed by atoms with Crippen LogP contribution in [0.2, 0.25) is 0 Å². The van der Waals surface area contributed by atoms with E-state index in [2.05, 4.69) is 9.80 Å². The highest BCUT2D eigenvalue weighted by molar-refractivity contribution is 5.80. The summed E-state index contributed by atoms with van der Waals surface area (Å²) in [5, 5.41) is 0. The Morgan fingerprint density at radius 2 is 1.87 bits per heavy atom. The molecule has 4 aliphatic rings. The molecule has 3 heterocycles. The maximum absolute atomic E-state index is 12.7. The second-order valence-corrected chi connectivity index (χ2v) is 7.28. The van der Waals surface area contributed by atoms with Gasteiger partial charge >= 0.3 is 0 Å². The van der Waals surface area contributed by atoms with Gasteiger partial charge < -0.3 is 9.64 Å². The molecule has 1 aromatic rings. The molecular formula is C19H26N2O2. The van der Waals surface area contributed by atoms with Gasteiger partial charge in [-0.1, -0.05) is 18.2 Å². The van der Waals surface area contributed by atoms with Crippen LogP contribution in [0.25, 0.3) is 0 Å². The van der Waals surface area contributed by atoms with Crippen molar-refractivity contribution in [3.05, 3.63) is 30.3 Å². The summed E-state index contributed by atoms with van der Waals surface area (Å²) in [6, 6.07) is 10.4. The third-order valence-corrected chi connectivity index (χ3v) is 5.44. The van der Waals surface area contributed by atoms with Crippen molar-refractivity contribution in [3.63, 3.8) is 0 Å². The van der Waals surface area contributed by atoms with Crippen molar-refractivity contribution in [2.24, 2.45) is 11.8 Å². The van der Waals surface area contributed by atoms with E-state index in [1.54, 1.807) is 0 Å². The van der Waals surface area contributed by atoms with E-state index >= 15 is 0 Å². The summed E-state index contributed by atoms with van der Waals surface area (Å²) in [6.45, 7) is 4.54. The average molecular weight is 314 g/mol. The topological polar surface area (TPSA) is 32.8 Å². The summed E-state index contributed by atoms with van der Waals surface area (Å²) in [5.41, 5.74) is 0. The molecule has 4 heteroatoms. The van der Waals surface area contributed by atoms with Crippen LogP contribution in [-0.2, 0) is 4.79 Å². The molecule has 0 spiro atoms. The van der Waals surface area contributed by atoms with Crippen LogP contribution in [0.5, 0.6) is 5.75 Å². The number of hydrogen-bond donors (Lipinski definition) is 0. The third-order valence-electron chi connectivity index (χ3n) is 5.44. The lowest BCUT2D eigenvalue weighted by Gasteiger charge is -2.36. The zero-order chi connectivity index (χ0) is 15.6. The van der Waals surface area contributed by atoms with Crippen LogP contribution < -0.4 is 4.74 Å². The van der Waals surface area contributed by atoms with Crippen molar-refractivity contribution in [2.45, 2.75) is 31.7 Å². The fraction of sp³-hybridized carbons (Fsp3) is 0.632. The smallest absolute Gasteiger partial charge is 0.227 e. The first-order chi connectivity index (χ1) is 11.3. The van der Waals surface area contributed by atoms with Gasteiger partial charge in [0, 0.05) is 32.2 Å². The molecule has 0 N–H and O–H groups in total. The minimum Gasteiger partial charge on any atom is -0.492 e. The molecule has 4 nitrogen and oxygen atoms in total. The molecule has 5 rings (SSSR count). The SMILES string of the molecule is O=C1[C@H]2CC[C@H](CN(CCOc3ccccc3)C2)N1CC1CC1. The van der Waals surface area contributed by atoms with Gasteiger partial charge in [-0.2, -0.15) is 0 Å². The summed E-state index contributed by atoms with van der Waals surface area (Å²) >= 11 is 0. The van der Waals surface area contributed by atoms with Crippen LogP contribution in [0.15, 0.2) is 30.3 Å². The molecule has 23 heavy (non-hydrogen) atoms. The van der Waals surface area contributed by atoms with Crippen molar-refractivity contribution in [3.8, 4) is 5.75 Å². The molecule has 1 amide bonds. The number of carbonyl (C=O) groups is 1. The number of ether oxygens (including phenoxy) is 1. The van der Waals surface area contributed by atoms with Gasteiger partial charge in [-0.25, -0.2) is 0 Å². The van der Waals surface area contributed by atoms with Gasteiger partial charge in [0.05, 0.1) is 5.92 Å².